The van der Waals surface area contributed by atoms with Crippen LogP contribution in [0.5, 0.6) is 0 Å². The monoisotopic (exact) mass is 1000 g/mol. The van der Waals surface area contributed by atoms with Crippen molar-refractivity contribution in [3.63, 3.8) is 0 Å². The molecule has 0 fully saturated rings. The normalized spacial score (nSPS) is 17.2. The van der Waals surface area contributed by atoms with E-state index in [0.717, 1.165) is 29.7 Å². The van der Waals surface area contributed by atoms with Crippen LogP contribution in [0, 0.1) is 13.8 Å². The molecule has 72 heavy (non-hydrogen) atoms. The first kappa shape index (κ1) is 48.0. The minimum absolute atomic E-state index is 0.0226. The maximum Gasteiger partial charge on any atom is 0.434 e. The van der Waals surface area contributed by atoms with E-state index >= 15 is 0 Å². The lowest BCUT2D eigenvalue weighted by Crippen LogP contribution is -2.36. The van der Waals surface area contributed by atoms with Crippen LogP contribution >= 0.6 is 0 Å². The number of halogens is 9. The molecule has 14 nitrogen and oxygen atoms in total. The number of hydrogen-bond acceptors (Lipinski definition) is 12. The molecule has 23 heteroatoms. The summed E-state index contributed by atoms with van der Waals surface area (Å²) < 4.78 is 131. The van der Waals surface area contributed by atoms with Crippen LogP contribution in [0.25, 0.3) is 21.5 Å². The van der Waals surface area contributed by atoms with Gasteiger partial charge in [-0.2, -0.15) is 44.6 Å². The van der Waals surface area contributed by atoms with E-state index in [1.165, 1.54) is 42.7 Å². The van der Waals surface area contributed by atoms with E-state index < -0.39 is 53.7 Å². The molecule has 0 amide bonds. The highest BCUT2D eigenvalue weighted by atomic mass is 19.4. The smallest absolute Gasteiger partial charge is 0.361 e. The van der Waals surface area contributed by atoms with Gasteiger partial charge in [-0.3, -0.25) is 0 Å². The van der Waals surface area contributed by atoms with Crippen molar-refractivity contribution in [3.8, 4) is 0 Å². The molecule has 10 rings (SSSR count). The number of rotatable bonds is 10. The summed E-state index contributed by atoms with van der Waals surface area (Å²) in [5.74, 6) is 0.486. The summed E-state index contributed by atoms with van der Waals surface area (Å²) in [5, 5.41) is 29.3. The fourth-order valence-corrected chi connectivity index (χ4v) is 9.91. The Balaban J connectivity index is 1.08. The van der Waals surface area contributed by atoms with E-state index in [-0.39, 0.29) is 64.7 Å². The van der Waals surface area contributed by atoms with Crippen molar-refractivity contribution < 1.29 is 39.5 Å². The molecule has 4 atom stereocenters. The third-order valence-electron chi connectivity index (χ3n) is 13.7. The molecule has 2 aliphatic rings. The topological polar surface area (TPSA) is 156 Å². The van der Waals surface area contributed by atoms with E-state index in [1.54, 1.807) is 37.6 Å². The van der Waals surface area contributed by atoms with Crippen LogP contribution in [0.4, 0.5) is 68.3 Å². The van der Waals surface area contributed by atoms with Gasteiger partial charge in [0.15, 0.2) is 23.1 Å². The van der Waals surface area contributed by atoms with Gasteiger partial charge < -0.3 is 40.6 Å². The summed E-state index contributed by atoms with van der Waals surface area (Å²) in [6.45, 7) is 8.24. The molecule has 6 heterocycles. The minimum Gasteiger partial charge on any atom is -0.361 e. The average Bonchev–Trinajstić information content (AvgIpc) is 4.01. The van der Waals surface area contributed by atoms with Gasteiger partial charge in [0.2, 0.25) is 0 Å². The number of nitrogens with zero attached hydrogens (tertiary/aromatic N) is 10. The van der Waals surface area contributed by atoms with Gasteiger partial charge in [-0.15, -0.1) is 15.3 Å². The Labute approximate surface area is 405 Å². The zero-order valence-electron chi connectivity index (χ0n) is 38.8. The molecule has 0 bridgehead atoms. The summed E-state index contributed by atoms with van der Waals surface area (Å²) in [6, 6.07) is 17.6. The predicted molar refractivity (Wildman–Crippen MR) is 253 cm³/mol. The first-order chi connectivity index (χ1) is 34.2. The maximum atomic E-state index is 14.6. The highest BCUT2D eigenvalue weighted by Crippen LogP contribution is 2.42. The predicted octanol–water partition coefficient (Wildman–Crippen LogP) is 11.1. The number of nitrogens with one attached hydrogen (secondary N) is 3. The minimum atomic E-state index is -4.72. The Morgan fingerprint density at radius 2 is 1.19 bits per heavy atom. The highest BCUT2D eigenvalue weighted by Gasteiger charge is 2.39. The van der Waals surface area contributed by atoms with Crippen molar-refractivity contribution in [2.75, 3.05) is 38.8 Å². The molecular weight excluding hydrogens is 956 g/mol. The quantitative estimate of drug-likeness (QED) is 0.0761. The van der Waals surface area contributed by atoms with E-state index in [0.29, 0.717) is 40.3 Å². The second-order valence-corrected chi connectivity index (χ2v) is 17.9. The van der Waals surface area contributed by atoms with E-state index in [1.807, 2.05) is 29.3 Å². The number of alkyl halides is 9. The van der Waals surface area contributed by atoms with E-state index in [9.17, 15) is 39.5 Å². The van der Waals surface area contributed by atoms with Crippen molar-refractivity contribution in [1.82, 2.24) is 39.5 Å². The van der Waals surface area contributed by atoms with Crippen molar-refractivity contribution >= 4 is 50.4 Å². The largest absolute Gasteiger partial charge is 0.434 e. The van der Waals surface area contributed by atoms with Gasteiger partial charge in [0.25, 0.3) is 0 Å². The van der Waals surface area contributed by atoms with Gasteiger partial charge in [-0.05, 0) is 92.4 Å². The summed E-state index contributed by atoms with van der Waals surface area (Å²) in [7, 11) is 0. The van der Waals surface area contributed by atoms with Crippen LogP contribution in [0.3, 0.4) is 0 Å². The van der Waals surface area contributed by atoms with Crippen LogP contribution in [-0.2, 0) is 31.6 Å². The standard InChI is InChI=1S/C49H45F9N14/c1-25-32(7-5-9-37(25)47(50,51)52)41(59)63-45-36-20-31(72-17-15-69-23-40(49(56,57)58)62-46(69)28(72)4)13-14-34(36)43(67-68-45)64-42(33-8-6-10-38(26(33)2)48(53,54)55)65-44-35-19-30(12-11-29(35)21-61-66-44)71-18-16-70-24-60-22-39(70)27(71)3/h5-14,19-24,27-28,41-42H,15-18,59H2,1-4H3,(H,63,68)(H,64,67)(H,65,66)/t27?,28?,41-,42-/m0/s1. The van der Waals surface area contributed by atoms with Gasteiger partial charge in [0.1, 0.15) is 18.2 Å². The molecule has 0 saturated carbocycles. The number of hydrogen-bond donors (Lipinski definition) is 4. The maximum absolute atomic E-state index is 14.6. The van der Waals surface area contributed by atoms with Crippen LogP contribution in [0.1, 0.15) is 88.9 Å². The van der Waals surface area contributed by atoms with Crippen LogP contribution < -0.4 is 31.5 Å². The summed E-state index contributed by atoms with van der Waals surface area (Å²) >= 11 is 0. The lowest BCUT2D eigenvalue weighted by molar-refractivity contribution is -0.141. The van der Waals surface area contributed by atoms with Gasteiger partial charge >= 0.3 is 18.5 Å². The van der Waals surface area contributed by atoms with Gasteiger partial charge in [0, 0.05) is 65.3 Å². The number of anilines is 5. The molecule has 0 saturated heterocycles. The SMILES string of the molecule is Cc1c([C@H](Nc2nncc3ccc(N4CCn5cncc5C4C)cc23)Nc2nnc(N[C@H](N)c3cccc(C(F)(F)F)c3C)c3cc(N4CCn5cc(C(F)(F)F)nc5C4C)ccc23)cccc1C(F)(F)F. The Hall–Kier alpha value is -7.69. The lowest BCUT2D eigenvalue weighted by Gasteiger charge is -2.36. The zero-order valence-corrected chi connectivity index (χ0v) is 38.8. The van der Waals surface area contributed by atoms with Crippen molar-refractivity contribution in [1.29, 1.82) is 0 Å². The van der Waals surface area contributed by atoms with Gasteiger partial charge in [-0.1, -0.05) is 30.3 Å². The Morgan fingerprint density at radius 3 is 1.86 bits per heavy atom. The van der Waals surface area contributed by atoms with Crippen LogP contribution in [0.2, 0.25) is 0 Å². The second-order valence-electron chi connectivity index (χ2n) is 17.9. The number of imidazole rings is 2. The molecule has 4 aromatic carbocycles. The highest BCUT2D eigenvalue weighted by molar-refractivity contribution is 6.01. The first-order valence-corrected chi connectivity index (χ1v) is 22.8. The fourth-order valence-electron chi connectivity index (χ4n) is 9.91. The van der Waals surface area contributed by atoms with Gasteiger partial charge in [0.05, 0.1) is 47.6 Å². The van der Waals surface area contributed by atoms with Crippen molar-refractivity contribution in [3.05, 3.63) is 148 Å². The average molecular weight is 1000 g/mol. The Bertz CT molecular complexity index is 3350. The molecule has 8 aromatic rings. The summed E-state index contributed by atoms with van der Waals surface area (Å²) in [4.78, 5) is 12.3. The molecule has 4 aromatic heterocycles. The fraction of sp³-hybridized carbons (Fsp3) is 0.306. The molecule has 0 radical (unpaired) electrons. The first-order valence-electron chi connectivity index (χ1n) is 22.8. The lowest BCUT2D eigenvalue weighted by atomic mass is 9.99. The number of nitrogens with two attached hydrogens (primary N) is 1. The molecular formula is C49H45F9N14. The van der Waals surface area contributed by atoms with Crippen LogP contribution in [-0.4, -0.2) is 52.6 Å². The Morgan fingerprint density at radius 1 is 0.611 bits per heavy atom. The Kier molecular flexibility index (Phi) is 11.9. The van der Waals surface area contributed by atoms with E-state index in [2.05, 4.69) is 62.7 Å². The zero-order chi connectivity index (χ0) is 51.0. The molecule has 0 spiro atoms. The molecule has 0 aliphatic carbocycles. The molecule has 2 unspecified atom stereocenters. The number of benzene rings is 4. The van der Waals surface area contributed by atoms with Gasteiger partial charge in [-0.25, -0.2) is 9.97 Å². The molecule has 2 aliphatic heterocycles. The van der Waals surface area contributed by atoms with Crippen molar-refractivity contribution in [2.45, 2.75) is 83.7 Å². The number of aromatic nitrogens is 8. The van der Waals surface area contributed by atoms with E-state index in [4.69, 9.17) is 5.73 Å². The summed E-state index contributed by atoms with van der Waals surface area (Å²) in [6.07, 6.45) is -10.4. The third-order valence-corrected chi connectivity index (χ3v) is 13.7. The summed E-state index contributed by atoms with van der Waals surface area (Å²) in [5.41, 5.74) is 6.28. The second kappa shape index (κ2) is 17.9. The molecule has 374 valence electrons. The molecule has 5 N–H and O–H groups in total. The number of fused-ring (bicyclic) bond motifs is 4. The van der Waals surface area contributed by atoms with Crippen molar-refractivity contribution in [2.24, 2.45) is 5.73 Å². The third kappa shape index (κ3) is 8.78. The van der Waals surface area contributed by atoms with Crippen LogP contribution in [0.15, 0.2) is 97.7 Å².